The van der Waals surface area contributed by atoms with Crippen LogP contribution in [0.25, 0.3) is 0 Å². The Bertz CT molecular complexity index is 648. The van der Waals surface area contributed by atoms with Gasteiger partial charge in [0.05, 0.1) is 11.6 Å². The topological polar surface area (TPSA) is 33.0 Å². The molecule has 0 radical (unpaired) electrons. The minimum Gasteiger partial charge on any atom is -0.454 e. The van der Waals surface area contributed by atoms with E-state index in [4.69, 9.17) is 10.00 Å². The summed E-state index contributed by atoms with van der Waals surface area (Å²) in [6, 6.07) is 13.5. The minimum atomic E-state index is -0.401. The lowest BCUT2D eigenvalue weighted by Crippen LogP contribution is -2.11. The third-order valence-electron chi connectivity index (χ3n) is 3.01. The van der Waals surface area contributed by atoms with Crippen LogP contribution in [0.15, 0.2) is 42.5 Å². The Hall–Kier alpha value is -2.34. The van der Waals surface area contributed by atoms with Crippen LogP contribution in [0.3, 0.4) is 0 Å². The molecule has 0 fully saturated rings. The monoisotopic (exact) mass is 269 g/mol. The van der Waals surface area contributed by atoms with Gasteiger partial charge in [0.25, 0.3) is 0 Å². The van der Waals surface area contributed by atoms with Crippen molar-refractivity contribution in [2.24, 2.45) is 0 Å². The summed E-state index contributed by atoms with van der Waals surface area (Å²) in [5.41, 5.74) is 1.47. The molecule has 2 nitrogen and oxygen atoms in total. The highest BCUT2D eigenvalue weighted by molar-refractivity contribution is 5.40. The molecule has 0 aliphatic carbocycles. The van der Waals surface area contributed by atoms with E-state index in [9.17, 15) is 4.39 Å². The molecule has 0 bridgehead atoms. The van der Waals surface area contributed by atoms with Gasteiger partial charge < -0.3 is 4.74 Å². The summed E-state index contributed by atoms with van der Waals surface area (Å²) in [6.45, 7) is 6.18. The summed E-state index contributed by atoms with van der Waals surface area (Å²) in [6.07, 6.45) is 0. The second-order valence-electron chi connectivity index (χ2n) is 5.63. The lowest BCUT2D eigenvalue weighted by molar-refractivity contribution is 0.438. The van der Waals surface area contributed by atoms with E-state index < -0.39 is 5.82 Å². The van der Waals surface area contributed by atoms with Crippen molar-refractivity contribution < 1.29 is 9.13 Å². The van der Waals surface area contributed by atoms with E-state index in [0.717, 1.165) is 5.56 Å². The highest BCUT2D eigenvalue weighted by atomic mass is 19.1. The van der Waals surface area contributed by atoms with Crippen LogP contribution < -0.4 is 4.74 Å². The van der Waals surface area contributed by atoms with Crippen LogP contribution in [-0.4, -0.2) is 0 Å². The predicted molar refractivity (Wildman–Crippen MR) is 76.3 cm³/mol. The number of halogens is 1. The second kappa shape index (κ2) is 5.34. The van der Waals surface area contributed by atoms with Crippen molar-refractivity contribution in [2.45, 2.75) is 26.2 Å². The highest BCUT2D eigenvalue weighted by Gasteiger charge is 2.16. The van der Waals surface area contributed by atoms with Crippen molar-refractivity contribution in [1.29, 1.82) is 5.26 Å². The molecule has 0 saturated heterocycles. The Labute approximate surface area is 118 Å². The molecular formula is C17H16FNO. The fraction of sp³-hybridized carbons (Fsp3) is 0.235. The molecule has 0 saturated carbocycles. The van der Waals surface area contributed by atoms with Gasteiger partial charge in [-0.1, -0.05) is 26.8 Å². The molecule has 2 aromatic carbocycles. The maximum absolute atomic E-state index is 13.8. The lowest BCUT2D eigenvalue weighted by atomic mass is 9.87. The zero-order chi connectivity index (χ0) is 14.8. The van der Waals surface area contributed by atoms with Gasteiger partial charge in [0, 0.05) is 0 Å². The number of nitrogens with zero attached hydrogens (tertiary/aromatic N) is 1. The Morgan fingerprint density at radius 2 is 1.70 bits per heavy atom. The van der Waals surface area contributed by atoms with E-state index in [1.165, 1.54) is 6.07 Å². The number of hydrogen-bond acceptors (Lipinski definition) is 2. The first-order chi connectivity index (χ1) is 9.40. The summed E-state index contributed by atoms with van der Waals surface area (Å²) >= 11 is 0. The number of nitriles is 1. The first kappa shape index (κ1) is 14.1. The molecule has 2 aromatic rings. The van der Waals surface area contributed by atoms with Crippen LogP contribution >= 0.6 is 0 Å². The molecule has 2 rings (SSSR count). The highest BCUT2D eigenvalue weighted by Crippen LogP contribution is 2.30. The molecule has 0 heterocycles. The minimum absolute atomic E-state index is 0.0729. The van der Waals surface area contributed by atoms with Gasteiger partial charge in [-0.25, -0.2) is 4.39 Å². The Morgan fingerprint density at radius 3 is 2.25 bits per heavy atom. The van der Waals surface area contributed by atoms with Gasteiger partial charge in [-0.15, -0.1) is 0 Å². The average Bonchev–Trinajstić information content (AvgIpc) is 2.41. The van der Waals surface area contributed by atoms with Crippen LogP contribution in [0.5, 0.6) is 11.5 Å². The van der Waals surface area contributed by atoms with Crippen LogP contribution in [-0.2, 0) is 5.41 Å². The maximum Gasteiger partial charge on any atom is 0.165 e. The first-order valence-corrected chi connectivity index (χ1v) is 6.38. The molecule has 0 aromatic heterocycles. The van der Waals surface area contributed by atoms with Crippen molar-refractivity contribution in [3.63, 3.8) is 0 Å². The molecule has 0 amide bonds. The van der Waals surface area contributed by atoms with Crippen LogP contribution in [0.1, 0.15) is 31.9 Å². The molecule has 20 heavy (non-hydrogen) atoms. The Balaban J connectivity index is 2.30. The average molecular weight is 269 g/mol. The van der Waals surface area contributed by atoms with E-state index in [2.05, 4.69) is 20.8 Å². The van der Waals surface area contributed by atoms with E-state index >= 15 is 0 Å². The fourth-order valence-electron chi connectivity index (χ4n) is 1.77. The van der Waals surface area contributed by atoms with E-state index in [0.29, 0.717) is 11.3 Å². The number of rotatable bonds is 2. The molecule has 0 aliphatic heterocycles. The SMILES string of the molecule is CC(C)(C)c1ccc(F)c(Oc2ccc(C#N)cc2)c1. The maximum atomic E-state index is 13.8. The number of benzene rings is 2. The molecule has 102 valence electrons. The van der Waals surface area contributed by atoms with E-state index in [1.807, 2.05) is 6.07 Å². The molecule has 3 heteroatoms. The molecular weight excluding hydrogens is 253 g/mol. The molecule has 0 spiro atoms. The fourth-order valence-corrected chi connectivity index (χ4v) is 1.77. The van der Waals surface area contributed by atoms with Crippen molar-refractivity contribution in [3.05, 3.63) is 59.4 Å². The zero-order valence-electron chi connectivity index (χ0n) is 11.8. The standard InChI is InChI=1S/C17H16FNO/c1-17(2,3)13-6-9-15(18)16(10-13)20-14-7-4-12(11-19)5-8-14/h4-10H,1-3H3. The Morgan fingerprint density at radius 1 is 1.05 bits per heavy atom. The summed E-state index contributed by atoms with van der Waals surface area (Å²) in [5.74, 6) is 0.304. The van der Waals surface area contributed by atoms with Crippen molar-refractivity contribution in [3.8, 4) is 17.6 Å². The molecule has 0 unspecified atom stereocenters. The quantitative estimate of drug-likeness (QED) is 0.785. The van der Waals surface area contributed by atoms with Gasteiger partial charge in [-0.2, -0.15) is 5.26 Å². The van der Waals surface area contributed by atoms with Crippen LogP contribution in [0, 0.1) is 17.1 Å². The van der Waals surface area contributed by atoms with Gasteiger partial charge in [0.15, 0.2) is 11.6 Å². The smallest absolute Gasteiger partial charge is 0.165 e. The summed E-state index contributed by atoms with van der Waals surface area (Å²) in [4.78, 5) is 0. The van der Waals surface area contributed by atoms with Gasteiger partial charge in [-0.3, -0.25) is 0 Å². The van der Waals surface area contributed by atoms with Crippen LogP contribution in [0.2, 0.25) is 0 Å². The van der Waals surface area contributed by atoms with E-state index in [-0.39, 0.29) is 11.2 Å². The summed E-state index contributed by atoms with van der Waals surface area (Å²) in [7, 11) is 0. The summed E-state index contributed by atoms with van der Waals surface area (Å²) in [5, 5.41) is 8.74. The van der Waals surface area contributed by atoms with Crippen LogP contribution in [0.4, 0.5) is 4.39 Å². The van der Waals surface area contributed by atoms with Gasteiger partial charge in [0.2, 0.25) is 0 Å². The van der Waals surface area contributed by atoms with Crippen molar-refractivity contribution >= 4 is 0 Å². The van der Waals surface area contributed by atoms with Gasteiger partial charge in [-0.05, 0) is 47.4 Å². The normalized spacial score (nSPS) is 10.9. The third kappa shape index (κ3) is 3.16. The zero-order valence-corrected chi connectivity index (χ0v) is 11.8. The second-order valence-corrected chi connectivity index (χ2v) is 5.63. The third-order valence-corrected chi connectivity index (χ3v) is 3.01. The predicted octanol–water partition coefficient (Wildman–Crippen LogP) is 4.79. The largest absolute Gasteiger partial charge is 0.454 e. The number of ether oxygens (including phenoxy) is 1. The summed E-state index contributed by atoms with van der Waals surface area (Å²) < 4.78 is 19.4. The van der Waals surface area contributed by atoms with Gasteiger partial charge in [0.1, 0.15) is 5.75 Å². The van der Waals surface area contributed by atoms with Crippen molar-refractivity contribution in [2.75, 3.05) is 0 Å². The Kier molecular flexibility index (Phi) is 3.76. The number of hydrogen-bond donors (Lipinski definition) is 0. The molecule has 0 aliphatic rings. The first-order valence-electron chi connectivity index (χ1n) is 6.38. The molecule has 0 atom stereocenters. The van der Waals surface area contributed by atoms with Crippen molar-refractivity contribution in [1.82, 2.24) is 0 Å². The lowest BCUT2D eigenvalue weighted by Gasteiger charge is -2.20. The molecule has 0 N–H and O–H groups in total. The van der Waals surface area contributed by atoms with Gasteiger partial charge >= 0.3 is 0 Å². The van der Waals surface area contributed by atoms with E-state index in [1.54, 1.807) is 36.4 Å².